The Kier molecular flexibility index (Phi) is 10.2. The molecule has 1 aliphatic heterocycles. The smallest absolute Gasteiger partial charge is 0.221 e. The fourth-order valence-electron chi connectivity index (χ4n) is 7.68. The maximum Gasteiger partial charge on any atom is 0.221 e. The molecule has 5 atom stereocenters. The molecular weight excluding hydrogens is 689 g/mol. The molecule has 5 unspecified atom stereocenters. The standard InChI is InChI=1S/C19H18N4.C12H8N6.C7H10.Nb/c1-3-9-20-14(5-1)18-16-12-7-8-13(11-12)17(16)19(23-22-18)15-6-2-4-10-21-15;1-3-7-13-9(5-1)11-15-17-12(18-16-11)10-6-2-4-8-14-10;1-2-7-4-3-6(1)5-7;/h1-6,9-10,12-13,16,23H,7-8,11H2;1-8H;1-2,6-7H,3-5H2;. The summed E-state index contributed by atoms with van der Waals surface area (Å²) < 4.78 is 0. The van der Waals surface area contributed by atoms with Gasteiger partial charge >= 0.3 is 0 Å². The number of hydrogen-bond donors (Lipinski definition) is 1. The van der Waals surface area contributed by atoms with Crippen molar-refractivity contribution in [3.8, 4) is 23.0 Å². The van der Waals surface area contributed by atoms with Crippen LogP contribution in [0, 0.1) is 29.6 Å². The van der Waals surface area contributed by atoms with Gasteiger partial charge in [0, 0.05) is 53.1 Å². The summed E-state index contributed by atoms with van der Waals surface area (Å²) in [7, 11) is 0. The van der Waals surface area contributed by atoms with Crippen LogP contribution in [-0.4, -0.2) is 46.0 Å². The third-order valence-corrected chi connectivity index (χ3v) is 9.88. The minimum absolute atomic E-state index is 0. The molecule has 5 aromatic rings. The van der Waals surface area contributed by atoms with Crippen LogP contribution in [0.15, 0.2) is 120 Å². The number of rotatable bonds is 4. The zero-order valence-electron chi connectivity index (χ0n) is 27.0. The monoisotopic (exact) mass is 725 g/mol. The van der Waals surface area contributed by atoms with Gasteiger partial charge in [-0.15, -0.1) is 20.4 Å². The van der Waals surface area contributed by atoms with E-state index in [0.717, 1.165) is 34.6 Å². The van der Waals surface area contributed by atoms with Gasteiger partial charge in [-0.05, 0) is 116 Å². The zero-order valence-corrected chi connectivity index (χ0v) is 29.2. The van der Waals surface area contributed by atoms with Crippen LogP contribution in [-0.2, 0) is 22.4 Å². The van der Waals surface area contributed by atoms with Crippen molar-refractivity contribution in [1.29, 1.82) is 0 Å². The Morgan fingerprint density at radius 2 is 1.04 bits per heavy atom. The molecule has 3 fully saturated rings. The third-order valence-electron chi connectivity index (χ3n) is 9.88. The molecule has 0 amide bonds. The van der Waals surface area contributed by atoms with Crippen LogP contribution in [0.2, 0.25) is 0 Å². The Labute approximate surface area is 301 Å². The summed E-state index contributed by atoms with van der Waals surface area (Å²) in [5.74, 6) is 4.56. The van der Waals surface area contributed by atoms with Crippen molar-refractivity contribution in [3.63, 3.8) is 0 Å². The number of hydrogen-bond acceptors (Lipinski definition) is 10. The van der Waals surface area contributed by atoms with E-state index >= 15 is 0 Å². The predicted molar refractivity (Wildman–Crippen MR) is 183 cm³/mol. The van der Waals surface area contributed by atoms with E-state index in [2.05, 4.69) is 70.0 Å². The molecule has 1 N–H and O–H groups in total. The fraction of sp³-hybridized carbons (Fsp3) is 0.289. The van der Waals surface area contributed by atoms with E-state index in [1.807, 2.05) is 60.9 Å². The molecule has 0 spiro atoms. The largest absolute Gasteiger partial charge is 0.276 e. The topological polar surface area (TPSA) is 128 Å². The Morgan fingerprint density at radius 1 is 0.531 bits per heavy atom. The SMILES string of the molecule is C1=CC2CCC1C2.[Nb].c1ccc(-c2nnc(-c3ccccn3)nn2)nc1.c1ccc(C2=NNC(c3ccccn3)=C3C4CCC(C4)C23)nc1. The van der Waals surface area contributed by atoms with Gasteiger partial charge in [-0.1, -0.05) is 36.4 Å². The van der Waals surface area contributed by atoms with Crippen LogP contribution in [0.1, 0.15) is 49.9 Å². The number of hydrazone groups is 1. The Bertz CT molecular complexity index is 1850. The second-order valence-corrected chi connectivity index (χ2v) is 12.8. The van der Waals surface area contributed by atoms with Crippen molar-refractivity contribution >= 4 is 11.4 Å². The normalized spacial score (nSPS) is 23.6. The van der Waals surface area contributed by atoms with Crippen molar-refractivity contribution in [3.05, 3.63) is 127 Å². The number of nitrogens with one attached hydrogen (secondary N) is 1. The van der Waals surface area contributed by atoms with Crippen LogP contribution in [0.4, 0.5) is 0 Å². The average molecular weight is 726 g/mol. The molecule has 6 heterocycles. The third kappa shape index (κ3) is 7.17. The van der Waals surface area contributed by atoms with Crippen molar-refractivity contribution in [2.75, 3.05) is 0 Å². The Hall–Kier alpha value is -4.77. The molecule has 3 saturated carbocycles. The molecule has 0 aromatic carbocycles. The Morgan fingerprint density at radius 3 is 1.49 bits per heavy atom. The number of fused-ring (bicyclic) bond motifs is 7. The van der Waals surface area contributed by atoms with Gasteiger partial charge in [-0.3, -0.25) is 25.4 Å². The van der Waals surface area contributed by atoms with Crippen molar-refractivity contribution in [2.45, 2.75) is 38.5 Å². The number of pyridine rings is 4. The summed E-state index contributed by atoms with van der Waals surface area (Å²) in [5.41, 5.74) is 10.3. The van der Waals surface area contributed by atoms with Crippen LogP contribution < -0.4 is 5.43 Å². The van der Waals surface area contributed by atoms with E-state index in [1.165, 1.54) is 44.1 Å². The van der Waals surface area contributed by atoms with Gasteiger partial charge in [0.2, 0.25) is 11.6 Å². The maximum atomic E-state index is 4.73. The van der Waals surface area contributed by atoms with E-state index in [1.54, 1.807) is 24.5 Å². The van der Waals surface area contributed by atoms with Crippen LogP contribution in [0.25, 0.3) is 28.7 Å². The molecule has 49 heavy (non-hydrogen) atoms. The maximum absolute atomic E-state index is 4.73. The second-order valence-electron chi connectivity index (χ2n) is 12.8. The van der Waals surface area contributed by atoms with Crippen LogP contribution >= 0.6 is 0 Å². The molecule has 1 radical (unpaired) electrons. The molecule has 5 aromatic heterocycles. The summed E-state index contributed by atoms with van der Waals surface area (Å²) in [6, 6.07) is 23.1. The van der Waals surface area contributed by atoms with Crippen LogP contribution in [0.5, 0.6) is 0 Å². The number of nitrogens with zero attached hydrogens (tertiary/aromatic N) is 9. The summed E-state index contributed by atoms with van der Waals surface area (Å²) in [6.45, 7) is 0. The quantitative estimate of drug-likeness (QED) is 0.161. The molecular formula is C38H36N10Nb. The van der Waals surface area contributed by atoms with Crippen molar-refractivity contribution in [2.24, 2.45) is 34.7 Å². The van der Waals surface area contributed by atoms with E-state index in [0.29, 0.717) is 40.8 Å². The molecule has 11 heteroatoms. The summed E-state index contributed by atoms with van der Waals surface area (Å²) >= 11 is 0. The predicted octanol–water partition coefficient (Wildman–Crippen LogP) is 6.60. The van der Waals surface area contributed by atoms with E-state index in [9.17, 15) is 0 Å². The van der Waals surface area contributed by atoms with Gasteiger partial charge in [0.15, 0.2) is 0 Å². The molecule has 5 aliphatic rings. The van der Waals surface area contributed by atoms with E-state index in [-0.39, 0.29) is 22.4 Å². The minimum Gasteiger partial charge on any atom is -0.276 e. The minimum atomic E-state index is 0. The second kappa shape index (κ2) is 15.2. The molecule has 4 aliphatic carbocycles. The summed E-state index contributed by atoms with van der Waals surface area (Å²) in [5, 5.41) is 20.7. The van der Waals surface area contributed by atoms with E-state index in [4.69, 9.17) is 5.10 Å². The van der Waals surface area contributed by atoms with Gasteiger partial charge in [0.05, 0.1) is 22.8 Å². The first-order valence-corrected chi connectivity index (χ1v) is 16.8. The zero-order chi connectivity index (χ0) is 32.1. The van der Waals surface area contributed by atoms with Gasteiger partial charge in [-0.25, -0.2) is 0 Å². The first-order chi connectivity index (χ1) is 23.8. The number of allylic oxidation sites excluding steroid dienone is 3. The first kappa shape index (κ1) is 32.8. The van der Waals surface area contributed by atoms with Gasteiger partial charge in [0.25, 0.3) is 0 Å². The van der Waals surface area contributed by atoms with E-state index < -0.39 is 0 Å². The molecule has 10 rings (SSSR count). The van der Waals surface area contributed by atoms with Crippen molar-refractivity contribution < 1.29 is 22.4 Å². The van der Waals surface area contributed by atoms with Gasteiger partial charge < -0.3 is 0 Å². The molecule has 4 bridgehead atoms. The summed E-state index contributed by atoms with van der Waals surface area (Å²) in [4.78, 5) is 17.3. The first-order valence-electron chi connectivity index (χ1n) is 16.8. The molecule has 243 valence electrons. The van der Waals surface area contributed by atoms with Crippen molar-refractivity contribution in [1.82, 2.24) is 45.8 Å². The summed E-state index contributed by atoms with van der Waals surface area (Å²) in [6.07, 6.45) is 20.1. The van der Waals surface area contributed by atoms with Gasteiger partial charge in [-0.2, -0.15) is 5.10 Å². The Balaban J connectivity index is 0.000000129. The molecule has 0 saturated heterocycles. The van der Waals surface area contributed by atoms with Gasteiger partial charge in [0.1, 0.15) is 11.4 Å². The number of aromatic nitrogens is 8. The fourth-order valence-corrected chi connectivity index (χ4v) is 7.68. The average Bonchev–Trinajstić information content (AvgIpc) is 4.02. The van der Waals surface area contributed by atoms with Crippen LogP contribution in [0.3, 0.4) is 0 Å². The molecule has 10 nitrogen and oxygen atoms in total.